The minimum absolute atomic E-state index is 0.160. The molecular formula is C26H25FN6O3. The van der Waals surface area contributed by atoms with E-state index in [0.29, 0.717) is 47.5 Å². The van der Waals surface area contributed by atoms with Crippen LogP contribution in [0, 0.1) is 24.6 Å². The summed E-state index contributed by atoms with van der Waals surface area (Å²) in [5, 5.41) is 2.63. The molecule has 1 aromatic carbocycles. The fourth-order valence-corrected chi connectivity index (χ4v) is 4.22. The Balaban J connectivity index is 1.61. The summed E-state index contributed by atoms with van der Waals surface area (Å²) in [6, 6.07) is 7.52. The first-order valence-corrected chi connectivity index (χ1v) is 11.4. The number of likely N-dealkylation sites (tertiary alicyclic amines) is 1. The van der Waals surface area contributed by atoms with E-state index >= 15 is 0 Å². The number of aromatic nitrogens is 3. The van der Waals surface area contributed by atoms with Crippen LogP contribution in [0.2, 0.25) is 0 Å². The number of nitrogens with one attached hydrogen (secondary N) is 1. The van der Waals surface area contributed by atoms with Crippen molar-refractivity contribution < 1.29 is 18.8 Å². The van der Waals surface area contributed by atoms with Crippen molar-refractivity contribution in [3.8, 4) is 23.1 Å². The Bertz CT molecular complexity index is 1390. The molecule has 0 aliphatic carbocycles. The Labute approximate surface area is 207 Å². The number of anilines is 1. The van der Waals surface area contributed by atoms with E-state index in [-0.39, 0.29) is 17.4 Å². The van der Waals surface area contributed by atoms with E-state index in [1.165, 1.54) is 10.7 Å². The molecule has 1 unspecified atom stereocenters. The summed E-state index contributed by atoms with van der Waals surface area (Å²) in [5.41, 5.74) is 1.80. The summed E-state index contributed by atoms with van der Waals surface area (Å²) in [6.45, 7) is 3.71. The Hall–Kier alpha value is -4.52. The topological polar surface area (TPSA) is 123 Å². The van der Waals surface area contributed by atoms with Crippen molar-refractivity contribution in [1.29, 1.82) is 0 Å². The molecule has 2 aromatic heterocycles. The SMILES string of the molecule is CC#CC(=O)N1CCCCC1c1nc(-c2ccc(C(=O)Nc3cc(C)c(F)cn3)cc2)c(C=O)n1N. The van der Waals surface area contributed by atoms with Gasteiger partial charge >= 0.3 is 0 Å². The number of carbonyl (C=O) groups excluding carboxylic acids is 3. The molecule has 2 amide bonds. The van der Waals surface area contributed by atoms with E-state index in [9.17, 15) is 18.8 Å². The first kappa shape index (κ1) is 24.6. The molecule has 0 radical (unpaired) electrons. The molecule has 36 heavy (non-hydrogen) atoms. The molecule has 1 aliphatic heterocycles. The van der Waals surface area contributed by atoms with Crippen molar-refractivity contribution in [3.05, 3.63) is 65.0 Å². The summed E-state index contributed by atoms with van der Waals surface area (Å²) in [4.78, 5) is 47.2. The highest BCUT2D eigenvalue weighted by molar-refractivity contribution is 6.04. The maximum absolute atomic E-state index is 13.4. The number of nitrogens with zero attached hydrogens (tertiary/aromatic N) is 4. The molecule has 3 aromatic rings. The zero-order valence-electron chi connectivity index (χ0n) is 19.9. The third-order valence-electron chi connectivity index (χ3n) is 6.09. The molecular weight excluding hydrogens is 463 g/mol. The minimum atomic E-state index is -0.457. The lowest BCUT2D eigenvalue weighted by molar-refractivity contribution is -0.129. The molecule has 3 heterocycles. The number of nitrogen functional groups attached to an aromatic ring is 1. The number of imidazole rings is 1. The second-order valence-electron chi connectivity index (χ2n) is 8.43. The lowest BCUT2D eigenvalue weighted by Gasteiger charge is -2.33. The molecule has 1 aliphatic rings. The molecule has 1 fully saturated rings. The molecule has 9 nitrogen and oxygen atoms in total. The predicted octanol–water partition coefficient (Wildman–Crippen LogP) is 3.25. The second-order valence-corrected chi connectivity index (χ2v) is 8.43. The number of hydrogen-bond acceptors (Lipinski definition) is 6. The van der Waals surface area contributed by atoms with Crippen LogP contribution in [0.15, 0.2) is 36.5 Å². The maximum Gasteiger partial charge on any atom is 0.299 e. The average Bonchev–Trinajstić information content (AvgIpc) is 3.22. The minimum Gasteiger partial charge on any atom is -0.337 e. The first-order chi connectivity index (χ1) is 17.3. The van der Waals surface area contributed by atoms with Gasteiger partial charge in [-0.25, -0.2) is 19.0 Å². The van der Waals surface area contributed by atoms with Crippen LogP contribution >= 0.6 is 0 Å². The highest BCUT2D eigenvalue weighted by atomic mass is 19.1. The van der Waals surface area contributed by atoms with Gasteiger partial charge in [0.15, 0.2) is 12.1 Å². The number of hydrogen-bond donors (Lipinski definition) is 2. The van der Waals surface area contributed by atoms with E-state index in [4.69, 9.17) is 5.84 Å². The molecule has 4 rings (SSSR count). The number of halogens is 1. The van der Waals surface area contributed by atoms with Crippen LogP contribution in [-0.2, 0) is 4.79 Å². The molecule has 10 heteroatoms. The molecule has 1 saturated heterocycles. The monoisotopic (exact) mass is 488 g/mol. The van der Waals surface area contributed by atoms with Gasteiger partial charge in [-0.05, 0) is 62.8 Å². The van der Waals surface area contributed by atoms with Crippen LogP contribution in [-0.4, -0.2) is 44.2 Å². The smallest absolute Gasteiger partial charge is 0.299 e. The van der Waals surface area contributed by atoms with Gasteiger partial charge in [0.05, 0.1) is 12.2 Å². The van der Waals surface area contributed by atoms with Crippen LogP contribution in [0.3, 0.4) is 0 Å². The fraction of sp³-hybridized carbons (Fsp3) is 0.269. The van der Waals surface area contributed by atoms with E-state index in [1.54, 1.807) is 43.0 Å². The molecule has 0 spiro atoms. The Morgan fingerprint density at radius 1 is 1.25 bits per heavy atom. The fourth-order valence-electron chi connectivity index (χ4n) is 4.22. The van der Waals surface area contributed by atoms with E-state index in [0.717, 1.165) is 19.0 Å². The number of pyridine rings is 1. The number of nitrogens with two attached hydrogens (primary N) is 1. The van der Waals surface area contributed by atoms with Gasteiger partial charge in [-0.3, -0.25) is 14.4 Å². The zero-order chi connectivity index (χ0) is 25.8. The predicted molar refractivity (Wildman–Crippen MR) is 132 cm³/mol. The number of amides is 2. The first-order valence-electron chi connectivity index (χ1n) is 11.4. The number of piperidine rings is 1. The van der Waals surface area contributed by atoms with E-state index in [1.807, 2.05) is 0 Å². The number of carbonyl (C=O) groups is 3. The van der Waals surface area contributed by atoms with E-state index < -0.39 is 17.8 Å². The summed E-state index contributed by atoms with van der Waals surface area (Å²) >= 11 is 0. The van der Waals surface area contributed by atoms with Gasteiger partial charge in [0.2, 0.25) is 0 Å². The Kier molecular flexibility index (Phi) is 7.10. The normalized spacial score (nSPS) is 15.1. The number of aryl methyl sites for hydroxylation is 1. The Morgan fingerprint density at radius 2 is 2.00 bits per heavy atom. The van der Waals surface area contributed by atoms with Crippen molar-refractivity contribution in [2.45, 2.75) is 39.2 Å². The van der Waals surface area contributed by atoms with Gasteiger partial charge in [-0.2, -0.15) is 0 Å². The standard InChI is InChI=1S/C26H25FN6O3/c1-3-6-23(35)32-12-5-4-7-20(32)25-31-24(21(15-34)33(25)28)17-8-10-18(11-9-17)26(36)30-22-13-16(2)19(27)14-29-22/h8-11,13-15,20H,4-5,7,12,28H2,1-2H3,(H,29,30,36). The lowest BCUT2D eigenvalue weighted by Crippen LogP contribution is -2.39. The van der Waals surface area contributed by atoms with Crippen molar-refractivity contribution in [3.63, 3.8) is 0 Å². The molecule has 0 bridgehead atoms. The highest BCUT2D eigenvalue weighted by Crippen LogP contribution is 2.33. The summed E-state index contributed by atoms with van der Waals surface area (Å²) in [7, 11) is 0. The van der Waals surface area contributed by atoms with Gasteiger partial charge in [-0.1, -0.05) is 18.1 Å². The van der Waals surface area contributed by atoms with Crippen LogP contribution < -0.4 is 11.2 Å². The third-order valence-corrected chi connectivity index (χ3v) is 6.09. The maximum atomic E-state index is 13.4. The van der Waals surface area contributed by atoms with Gasteiger partial charge in [0.1, 0.15) is 23.0 Å². The molecule has 1 atom stereocenters. The van der Waals surface area contributed by atoms with Crippen molar-refractivity contribution in [2.24, 2.45) is 0 Å². The lowest BCUT2D eigenvalue weighted by atomic mass is 10.0. The average molecular weight is 489 g/mol. The second kappa shape index (κ2) is 10.4. The van der Waals surface area contributed by atoms with Gasteiger partial charge < -0.3 is 16.1 Å². The number of aldehydes is 1. The molecule has 0 saturated carbocycles. The molecule has 184 valence electrons. The van der Waals surface area contributed by atoms with Crippen molar-refractivity contribution in [1.82, 2.24) is 19.5 Å². The quantitative estimate of drug-likeness (QED) is 0.323. The van der Waals surface area contributed by atoms with Crippen molar-refractivity contribution in [2.75, 3.05) is 17.7 Å². The van der Waals surface area contributed by atoms with Crippen LogP contribution in [0.5, 0.6) is 0 Å². The zero-order valence-corrected chi connectivity index (χ0v) is 19.9. The van der Waals surface area contributed by atoms with Crippen LogP contribution in [0.4, 0.5) is 10.2 Å². The third kappa shape index (κ3) is 4.81. The van der Waals surface area contributed by atoms with Crippen molar-refractivity contribution >= 4 is 23.9 Å². The van der Waals surface area contributed by atoms with Gasteiger partial charge in [0.25, 0.3) is 11.8 Å². The Morgan fingerprint density at radius 3 is 2.67 bits per heavy atom. The van der Waals surface area contributed by atoms with Gasteiger partial charge in [-0.15, -0.1) is 0 Å². The molecule has 3 N–H and O–H groups in total. The highest BCUT2D eigenvalue weighted by Gasteiger charge is 2.32. The summed E-state index contributed by atoms with van der Waals surface area (Å²) in [5.74, 6) is 10.9. The van der Waals surface area contributed by atoms with Gasteiger partial charge in [0, 0.05) is 17.7 Å². The summed E-state index contributed by atoms with van der Waals surface area (Å²) < 4.78 is 14.7. The largest absolute Gasteiger partial charge is 0.337 e. The van der Waals surface area contributed by atoms with Crippen LogP contribution in [0.25, 0.3) is 11.3 Å². The number of rotatable bonds is 5. The van der Waals surface area contributed by atoms with E-state index in [2.05, 4.69) is 27.1 Å². The summed E-state index contributed by atoms with van der Waals surface area (Å²) in [6.07, 6.45) is 4.06. The number of benzene rings is 1. The van der Waals surface area contributed by atoms with Crippen LogP contribution in [0.1, 0.15) is 64.5 Å².